The topological polar surface area (TPSA) is 40.5 Å². The molecule has 0 aliphatic carbocycles. The van der Waals surface area contributed by atoms with Crippen LogP contribution in [-0.2, 0) is 6.61 Å². The number of hydrogen-bond acceptors (Lipinski definition) is 3. The van der Waals surface area contributed by atoms with Crippen LogP contribution >= 0.6 is 0 Å². The van der Waals surface area contributed by atoms with E-state index in [1.54, 1.807) is 24.3 Å². The highest BCUT2D eigenvalue weighted by atomic mass is 16.3. The second-order valence-corrected chi connectivity index (χ2v) is 3.83. The predicted molar refractivity (Wildman–Crippen MR) is 59.9 cm³/mol. The Balaban J connectivity index is 2.58. The van der Waals surface area contributed by atoms with E-state index in [0.29, 0.717) is 12.0 Å². The van der Waals surface area contributed by atoms with Gasteiger partial charge in [-0.2, -0.15) is 0 Å². The fraction of sp³-hybridized carbons (Fsp3) is 0.417. The number of carbonyl (C=O) groups is 1. The first kappa shape index (κ1) is 11.9. The molecule has 0 aromatic heterocycles. The minimum Gasteiger partial charge on any atom is -0.392 e. The Kier molecular flexibility index (Phi) is 4.46. The minimum absolute atomic E-state index is 0.0200. The molecule has 0 amide bonds. The molecule has 1 aromatic carbocycles. The highest BCUT2D eigenvalue weighted by Crippen LogP contribution is 2.07. The van der Waals surface area contributed by atoms with Gasteiger partial charge in [-0.15, -0.1) is 0 Å². The van der Waals surface area contributed by atoms with Gasteiger partial charge in [-0.1, -0.05) is 24.3 Å². The van der Waals surface area contributed by atoms with Crippen LogP contribution in [0.5, 0.6) is 0 Å². The lowest BCUT2D eigenvalue weighted by Crippen LogP contribution is -2.16. The van der Waals surface area contributed by atoms with Crippen molar-refractivity contribution in [3.63, 3.8) is 0 Å². The Hall–Kier alpha value is -1.19. The van der Waals surface area contributed by atoms with Crippen molar-refractivity contribution in [2.24, 2.45) is 0 Å². The van der Waals surface area contributed by atoms with Crippen molar-refractivity contribution in [3.8, 4) is 0 Å². The maximum Gasteiger partial charge on any atom is 0.164 e. The average molecular weight is 207 g/mol. The summed E-state index contributed by atoms with van der Waals surface area (Å²) in [5.41, 5.74) is 1.55. The van der Waals surface area contributed by atoms with Crippen LogP contribution in [0.25, 0.3) is 0 Å². The Morgan fingerprint density at radius 3 is 2.33 bits per heavy atom. The van der Waals surface area contributed by atoms with Crippen molar-refractivity contribution in [1.29, 1.82) is 0 Å². The lowest BCUT2D eigenvalue weighted by atomic mass is 10.1. The Labute approximate surface area is 90.3 Å². The summed E-state index contributed by atoms with van der Waals surface area (Å²) in [5, 5.41) is 8.85. The molecule has 1 N–H and O–H groups in total. The third-order valence-electron chi connectivity index (χ3n) is 2.24. The summed E-state index contributed by atoms with van der Waals surface area (Å²) in [5.74, 6) is 0.146. The third-order valence-corrected chi connectivity index (χ3v) is 2.24. The number of hydrogen-bond donors (Lipinski definition) is 1. The normalized spacial score (nSPS) is 10.7. The van der Waals surface area contributed by atoms with Gasteiger partial charge in [0.2, 0.25) is 0 Å². The molecule has 82 valence electrons. The molecule has 0 bridgehead atoms. The number of ketones is 1. The molecule has 0 heterocycles. The summed E-state index contributed by atoms with van der Waals surface area (Å²) in [4.78, 5) is 13.6. The van der Waals surface area contributed by atoms with Crippen molar-refractivity contribution in [3.05, 3.63) is 35.4 Å². The van der Waals surface area contributed by atoms with Crippen molar-refractivity contribution >= 4 is 5.78 Å². The van der Waals surface area contributed by atoms with E-state index in [0.717, 1.165) is 12.1 Å². The molecule has 0 saturated heterocycles. The summed E-state index contributed by atoms with van der Waals surface area (Å²) in [6, 6.07) is 7.10. The smallest absolute Gasteiger partial charge is 0.164 e. The second kappa shape index (κ2) is 5.63. The van der Waals surface area contributed by atoms with Gasteiger partial charge in [-0.05, 0) is 19.7 Å². The van der Waals surface area contributed by atoms with E-state index < -0.39 is 0 Å². The summed E-state index contributed by atoms with van der Waals surface area (Å²) >= 11 is 0. The van der Waals surface area contributed by atoms with Gasteiger partial charge in [0.05, 0.1) is 6.61 Å². The van der Waals surface area contributed by atoms with Crippen LogP contribution in [0.4, 0.5) is 0 Å². The lowest BCUT2D eigenvalue weighted by molar-refractivity contribution is 0.0972. The van der Waals surface area contributed by atoms with Crippen LogP contribution in [-0.4, -0.2) is 36.4 Å². The van der Waals surface area contributed by atoms with Gasteiger partial charge in [0.25, 0.3) is 0 Å². The van der Waals surface area contributed by atoms with Gasteiger partial charge in [-0.25, -0.2) is 0 Å². The molecule has 0 unspecified atom stereocenters. The van der Waals surface area contributed by atoms with Gasteiger partial charge in [0.1, 0.15) is 0 Å². The zero-order valence-electron chi connectivity index (χ0n) is 9.23. The van der Waals surface area contributed by atoms with E-state index >= 15 is 0 Å². The molecule has 3 heteroatoms. The molecule has 0 spiro atoms. The van der Waals surface area contributed by atoms with E-state index in [1.807, 2.05) is 19.0 Å². The Morgan fingerprint density at radius 1 is 1.27 bits per heavy atom. The summed E-state index contributed by atoms with van der Waals surface area (Å²) < 4.78 is 0. The fourth-order valence-corrected chi connectivity index (χ4v) is 1.27. The molecule has 0 saturated carbocycles. The Morgan fingerprint density at radius 2 is 1.87 bits per heavy atom. The molecular weight excluding hydrogens is 190 g/mol. The number of aliphatic hydroxyl groups is 1. The summed E-state index contributed by atoms with van der Waals surface area (Å²) in [6.45, 7) is 0.784. The van der Waals surface area contributed by atoms with Crippen molar-refractivity contribution < 1.29 is 9.90 Å². The molecule has 15 heavy (non-hydrogen) atoms. The zero-order valence-corrected chi connectivity index (χ0v) is 9.23. The quantitative estimate of drug-likeness (QED) is 0.740. The number of nitrogens with zero attached hydrogens (tertiary/aromatic N) is 1. The fourth-order valence-electron chi connectivity index (χ4n) is 1.27. The van der Waals surface area contributed by atoms with Gasteiger partial charge in [-0.3, -0.25) is 4.79 Å². The van der Waals surface area contributed by atoms with Crippen LogP contribution in [0.3, 0.4) is 0 Å². The Bertz CT molecular complexity index is 317. The van der Waals surface area contributed by atoms with E-state index in [-0.39, 0.29) is 12.4 Å². The van der Waals surface area contributed by atoms with Gasteiger partial charge >= 0.3 is 0 Å². The highest BCUT2D eigenvalue weighted by molar-refractivity contribution is 5.96. The van der Waals surface area contributed by atoms with Crippen LogP contribution in [0, 0.1) is 0 Å². The van der Waals surface area contributed by atoms with Gasteiger partial charge in [0.15, 0.2) is 5.78 Å². The predicted octanol–water partition coefficient (Wildman–Crippen LogP) is 1.31. The standard InChI is InChI=1S/C12H17NO2/c1-13(2)8-7-12(15)11-5-3-10(9-14)4-6-11/h3-6,14H,7-9H2,1-2H3. The maximum absolute atomic E-state index is 11.7. The summed E-state index contributed by atoms with van der Waals surface area (Å²) in [7, 11) is 3.89. The van der Waals surface area contributed by atoms with Crippen molar-refractivity contribution in [1.82, 2.24) is 4.90 Å². The minimum atomic E-state index is 0.0200. The van der Waals surface area contributed by atoms with E-state index in [2.05, 4.69) is 0 Å². The number of Topliss-reactive ketones (excluding diaryl/α,β-unsaturated/α-hetero) is 1. The molecule has 0 fully saturated rings. The molecule has 0 aliphatic heterocycles. The molecule has 0 radical (unpaired) electrons. The summed E-state index contributed by atoms with van der Waals surface area (Å²) in [6.07, 6.45) is 0.533. The van der Waals surface area contributed by atoms with Crippen LogP contribution in [0.2, 0.25) is 0 Å². The monoisotopic (exact) mass is 207 g/mol. The van der Waals surface area contributed by atoms with Gasteiger partial charge in [0, 0.05) is 18.5 Å². The lowest BCUT2D eigenvalue weighted by Gasteiger charge is -2.08. The number of rotatable bonds is 5. The number of carbonyl (C=O) groups excluding carboxylic acids is 1. The average Bonchev–Trinajstić information content (AvgIpc) is 2.26. The first-order chi connectivity index (χ1) is 7.13. The van der Waals surface area contributed by atoms with E-state index in [1.165, 1.54) is 0 Å². The van der Waals surface area contributed by atoms with Crippen molar-refractivity contribution in [2.45, 2.75) is 13.0 Å². The van der Waals surface area contributed by atoms with Gasteiger partial charge < -0.3 is 10.0 Å². The van der Waals surface area contributed by atoms with Crippen LogP contribution in [0.1, 0.15) is 22.3 Å². The molecule has 1 aromatic rings. The molecule has 0 aliphatic rings. The number of benzene rings is 1. The molecule has 1 rings (SSSR count). The first-order valence-electron chi connectivity index (χ1n) is 5.01. The maximum atomic E-state index is 11.7. The van der Waals surface area contributed by atoms with Crippen molar-refractivity contribution in [2.75, 3.05) is 20.6 Å². The molecular formula is C12H17NO2. The van der Waals surface area contributed by atoms with Crippen LogP contribution in [0.15, 0.2) is 24.3 Å². The third kappa shape index (κ3) is 3.81. The molecule has 3 nitrogen and oxygen atoms in total. The van der Waals surface area contributed by atoms with E-state index in [4.69, 9.17) is 5.11 Å². The van der Waals surface area contributed by atoms with E-state index in [9.17, 15) is 4.79 Å². The first-order valence-corrected chi connectivity index (χ1v) is 5.01. The highest BCUT2D eigenvalue weighted by Gasteiger charge is 2.05. The second-order valence-electron chi connectivity index (χ2n) is 3.83. The SMILES string of the molecule is CN(C)CCC(=O)c1ccc(CO)cc1. The largest absolute Gasteiger partial charge is 0.392 e. The molecule has 0 atom stereocenters. The van der Waals surface area contributed by atoms with Crippen LogP contribution < -0.4 is 0 Å². The number of aliphatic hydroxyl groups excluding tert-OH is 1. The zero-order chi connectivity index (χ0) is 11.3.